The van der Waals surface area contributed by atoms with Gasteiger partial charge in [0.25, 0.3) is 5.69 Å². The van der Waals surface area contributed by atoms with E-state index in [1.807, 2.05) is 6.92 Å². The number of aromatic nitrogens is 1. The van der Waals surface area contributed by atoms with Crippen LogP contribution in [0.4, 0.5) is 11.5 Å². The lowest BCUT2D eigenvalue weighted by molar-refractivity contribution is -0.385. The third-order valence-corrected chi connectivity index (χ3v) is 2.81. The smallest absolute Gasteiger partial charge is 0.288 e. The number of hydrogen-bond acceptors (Lipinski definition) is 5. The molecule has 0 aliphatic heterocycles. The molecule has 2 radical (unpaired) electrons. The lowest BCUT2D eigenvalue weighted by Gasteiger charge is -2.11. The van der Waals surface area contributed by atoms with E-state index in [1.54, 1.807) is 6.92 Å². The number of nitrogens with two attached hydrogens (primary N) is 1. The summed E-state index contributed by atoms with van der Waals surface area (Å²) in [6.07, 6.45) is 1.49. The summed E-state index contributed by atoms with van der Waals surface area (Å²) in [6.45, 7) is 3.64. The normalized spacial score (nSPS) is 11.9. The molecule has 1 aromatic heterocycles. The third kappa shape index (κ3) is 3.18. The van der Waals surface area contributed by atoms with Crippen molar-refractivity contribution in [2.45, 2.75) is 26.6 Å². The molecule has 98 valence electrons. The molecule has 0 amide bonds. The van der Waals surface area contributed by atoms with E-state index in [0.29, 0.717) is 12.0 Å². The van der Waals surface area contributed by atoms with E-state index in [1.165, 1.54) is 6.07 Å². The van der Waals surface area contributed by atoms with Gasteiger partial charge in [-0.25, -0.2) is 4.98 Å². The first-order valence-electron chi connectivity index (χ1n) is 5.75. The fourth-order valence-electron chi connectivity index (χ4n) is 1.66. The van der Waals surface area contributed by atoms with Crippen LogP contribution in [0.1, 0.15) is 25.8 Å². The highest BCUT2D eigenvalue weighted by molar-refractivity contribution is 6.34. The maximum absolute atomic E-state index is 11.9. The second-order valence-electron chi connectivity index (χ2n) is 4.02. The Hall–Kier alpha value is -2.18. The van der Waals surface area contributed by atoms with E-state index in [2.05, 4.69) is 4.98 Å². The van der Waals surface area contributed by atoms with Gasteiger partial charge in [-0.2, -0.15) is 0 Å². The van der Waals surface area contributed by atoms with Crippen LogP contribution in [0.25, 0.3) is 5.57 Å². The summed E-state index contributed by atoms with van der Waals surface area (Å²) < 4.78 is 0. The number of carbonyl (C=O) groups excluding carboxylic acids is 1. The molecule has 0 aromatic carbocycles. The molecule has 6 nitrogen and oxygen atoms in total. The van der Waals surface area contributed by atoms with Crippen molar-refractivity contribution in [1.29, 1.82) is 0 Å². The van der Waals surface area contributed by atoms with E-state index >= 15 is 0 Å². The number of carbonyl (C=O) groups is 1. The van der Waals surface area contributed by atoms with Crippen LogP contribution in [-0.4, -0.2) is 23.5 Å². The molecule has 0 aliphatic rings. The monoisotopic (exact) mass is 259 g/mol. The van der Waals surface area contributed by atoms with Crippen molar-refractivity contribution in [3.05, 3.63) is 33.5 Å². The number of ketones is 1. The SMILES string of the molecule is [B]CC(=O)C(=C(C)CC)c1cc([N+](=O)[O-])cnc1N. The summed E-state index contributed by atoms with van der Waals surface area (Å²) in [4.78, 5) is 25.9. The predicted octanol–water partition coefficient (Wildman–Crippen LogP) is 1.91. The third-order valence-electron chi connectivity index (χ3n) is 2.81. The topological polar surface area (TPSA) is 99.1 Å². The zero-order chi connectivity index (χ0) is 14.6. The maximum atomic E-state index is 11.9. The molecule has 0 spiro atoms. The second-order valence-corrected chi connectivity index (χ2v) is 4.02. The van der Waals surface area contributed by atoms with Crippen molar-refractivity contribution in [2.75, 3.05) is 5.73 Å². The number of nitrogens with zero attached hydrogens (tertiary/aromatic N) is 2. The number of nitrogen functional groups attached to an aromatic ring is 1. The first-order valence-corrected chi connectivity index (χ1v) is 5.75. The van der Waals surface area contributed by atoms with Crippen molar-refractivity contribution in [3.8, 4) is 0 Å². The zero-order valence-electron chi connectivity index (χ0n) is 10.8. The Balaban J connectivity index is 3.51. The fraction of sp³-hybridized carbons (Fsp3) is 0.333. The summed E-state index contributed by atoms with van der Waals surface area (Å²) in [5.41, 5.74) is 6.86. The van der Waals surface area contributed by atoms with Crippen LogP contribution in [-0.2, 0) is 4.79 Å². The van der Waals surface area contributed by atoms with E-state index in [9.17, 15) is 14.9 Å². The van der Waals surface area contributed by atoms with Crippen LogP contribution in [0.15, 0.2) is 17.8 Å². The predicted molar refractivity (Wildman–Crippen MR) is 73.8 cm³/mol. The van der Waals surface area contributed by atoms with Crippen LogP contribution in [0.5, 0.6) is 0 Å². The highest BCUT2D eigenvalue weighted by Crippen LogP contribution is 2.29. The largest absolute Gasteiger partial charge is 0.383 e. The highest BCUT2D eigenvalue weighted by atomic mass is 16.6. The second kappa shape index (κ2) is 6.13. The standard InChI is InChI=1S/C12H14BN3O3/c1-3-7(2)11(10(17)5-13)9-4-8(16(18)19)6-15-12(9)14/h4,6H,3,5H2,1-2H3,(H2,14,15). The Kier molecular flexibility index (Phi) is 4.80. The van der Waals surface area contributed by atoms with Gasteiger partial charge in [-0.15, -0.1) is 0 Å². The molecule has 0 fully saturated rings. The lowest BCUT2D eigenvalue weighted by Crippen LogP contribution is -2.08. The van der Waals surface area contributed by atoms with Crippen LogP contribution in [0.2, 0.25) is 6.32 Å². The van der Waals surface area contributed by atoms with Crippen molar-refractivity contribution in [3.63, 3.8) is 0 Å². The molecule has 1 aromatic rings. The number of pyridine rings is 1. The molecule has 0 bridgehead atoms. The molecule has 2 N–H and O–H groups in total. The van der Waals surface area contributed by atoms with Gasteiger partial charge < -0.3 is 5.73 Å². The van der Waals surface area contributed by atoms with Crippen LogP contribution in [0, 0.1) is 10.1 Å². The fourth-order valence-corrected chi connectivity index (χ4v) is 1.66. The number of nitro groups is 1. The van der Waals surface area contributed by atoms with Crippen LogP contribution >= 0.6 is 0 Å². The van der Waals surface area contributed by atoms with Crippen LogP contribution < -0.4 is 5.73 Å². The lowest BCUT2D eigenvalue weighted by atomic mass is 9.88. The van der Waals surface area contributed by atoms with Gasteiger partial charge in [-0.3, -0.25) is 14.9 Å². The molecule has 1 heterocycles. The molecule has 1 rings (SSSR count). The van der Waals surface area contributed by atoms with Crippen molar-refractivity contribution < 1.29 is 9.72 Å². The van der Waals surface area contributed by atoms with Gasteiger partial charge in [-0.05, 0) is 19.7 Å². The quantitative estimate of drug-likeness (QED) is 0.377. The number of anilines is 1. The summed E-state index contributed by atoms with van der Waals surface area (Å²) in [7, 11) is 5.37. The van der Waals surface area contributed by atoms with Crippen molar-refractivity contribution in [1.82, 2.24) is 4.98 Å². The van der Waals surface area contributed by atoms with E-state index in [-0.39, 0.29) is 29.2 Å². The summed E-state index contributed by atoms with van der Waals surface area (Å²) in [5, 5.41) is 10.8. The molecule has 0 unspecified atom stereocenters. The minimum atomic E-state index is -0.582. The van der Waals surface area contributed by atoms with Crippen molar-refractivity contribution in [2.24, 2.45) is 0 Å². The minimum absolute atomic E-state index is 0.0789. The Morgan fingerprint density at radius 3 is 2.68 bits per heavy atom. The Morgan fingerprint density at radius 1 is 1.58 bits per heavy atom. The average molecular weight is 259 g/mol. The summed E-state index contributed by atoms with van der Waals surface area (Å²) in [5.74, 6) is -0.233. The first-order chi connectivity index (χ1) is 8.92. The number of hydrogen-bond donors (Lipinski definition) is 1. The summed E-state index contributed by atoms with van der Waals surface area (Å²) in [6, 6.07) is 1.25. The molecular weight excluding hydrogens is 245 g/mol. The maximum Gasteiger partial charge on any atom is 0.288 e. The Morgan fingerprint density at radius 2 is 2.21 bits per heavy atom. The van der Waals surface area contributed by atoms with Gasteiger partial charge in [0.1, 0.15) is 12.0 Å². The van der Waals surface area contributed by atoms with Crippen LogP contribution in [0.3, 0.4) is 0 Å². The first kappa shape index (κ1) is 14.9. The summed E-state index contributed by atoms with van der Waals surface area (Å²) >= 11 is 0. The van der Waals surface area contributed by atoms with Gasteiger partial charge >= 0.3 is 0 Å². The van der Waals surface area contributed by atoms with Crippen molar-refractivity contribution >= 4 is 30.7 Å². The number of Topliss-reactive ketones (excluding diaryl/α,β-unsaturated/α-hetero) is 1. The van der Waals surface area contributed by atoms with Gasteiger partial charge in [0, 0.05) is 17.2 Å². The molecule has 0 atom stereocenters. The Bertz CT molecular complexity index is 555. The van der Waals surface area contributed by atoms with E-state index in [0.717, 1.165) is 11.8 Å². The Labute approximate surface area is 112 Å². The van der Waals surface area contributed by atoms with Gasteiger partial charge in [-0.1, -0.05) is 12.5 Å². The van der Waals surface area contributed by atoms with Gasteiger partial charge in [0.15, 0.2) is 5.78 Å². The number of rotatable bonds is 5. The molecule has 7 heteroatoms. The average Bonchev–Trinajstić information content (AvgIpc) is 2.40. The molecular formula is C12H14BN3O3. The minimum Gasteiger partial charge on any atom is -0.383 e. The van der Waals surface area contributed by atoms with E-state index < -0.39 is 4.92 Å². The van der Waals surface area contributed by atoms with Gasteiger partial charge in [0.2, 0.25) is 0 Å². The zero-order valence-corrected chi connectivity index (χ0v) is 10.8. The number of allylic oxidation sites excluding steroid dienone is 2. The molecule has 19 heavy (non-hydrogen) atoms. The highest BCUT2D eigenvalue weighted by Gasteiger charge is 2.19. The molecule has 0 aliphatic carbocycles. The van der Waals surface area contributed by atoms with Gasteiger partial charge in [0.05, 0.1) is 12.8 Å². The molecule has 0 saturated heterocycles. The molecule has 0 saturated carbocycles. The van der Waals surface area contributed by atoms with E-state index in [4.69, 9.17) is 13.6 Å².